The first kappa shape index (κ1) is 14.0. The van der Waals surface area contributed by atoms with Crippen molar-refractivity contribution in [3.8, 4) is 0 Å². The van der Waals surface area contributed by atoms with Gasteiger partial charge in [0, 0.05) is 0 Å². The van der Waals surface area contributed by atoms with Crippen molar-refractivity contribution in [3.63, 3.8) is 0 Å². The summed E-state index contributed by atoms with van der Waals surface area (Å²) in [6.07, 6.45) is 0.280. The van der Waals surface area contributed by atoms with Crippen molar-refractivity contribution in [2.24, 2.45) is 0 Å². The van der Waals surface area contributed by atoms with Gasteiger partial charge in [0.15, 0.2) is 0 Å². The van der Waals surface area contributed by atoms with E-state index in [0.29, 0.717) is 5.57 Å². The molecule has 0 aromatic heterocycles. The molecule has 9 heteroatoms. The van der Waals surface area contributed by atoms with Crippen LogP contribution >= 0.6 is 15.6 Å². The van der Waals surface area contributed by atoms with Gasteiger partial charge in [-0.05, 0) is 13.3 Å². The Kier molecular flexibility index (Phi) is 5.19. The number of rotatable bonds is 6. The summed E-state index contributed by atoms with van der Waals surface area (Å²) in [6.45, 7) is 4.94. The zero-order valence-corrected chi connectivity index (χ0v) is 9.24. The van der Waals surface area contributed by atoms with Crippen LogP contribution in [0.3, 0.4) is 0 Å². The Morgan fingerprint density at radius 1 is 1.50 bits per heavy atom. The molecule has 84 valence electrons. The molecular formula is C5H11O7P2-. The molecule has 0 aliphatic carbocycles. The van der Waals surface area contributed by atoms with Crippen LogP contribution in [0.25, 0.3) is 0 Å². The SMILES string of the molecule is C=C(C)CCOP(=O)(O)OP(=O)([O-])O. The lowest BCUT2D eigenvalue weighted by molar-refractivity contribution is -0.212. The van der Waals surface area contributed by atoms with E-state index in [1.165, 1.54) is 0 Å². The Morgan fingerprint density at radius 2 is 2.00 bits per heavy atom. The second kappa shape index (κ2) is 5.19. The number of phosphoric ester groups is 1. The normalized spacial score (nSPS) is 19.7. The first-order chi connectivity index (χ1) is 6.12. The van der Waals surface area contributed by atoms with E-state index >= 15 is 0 Å². The molecule has 0 saturated carbocycles. The zero-order valence-electron chi connectivity index (χ0n) is 7.45. The second-order valence-electron chi connectivity index (χ2n) is 2.56. The van der Waals surface area contributed by atoms with Crippen molar-refractivity contribution in [2.75, 3.05) is 6.61 Å². The van der Waals surface area contributed by atoms with Crippen LogP contribution in [0.1, 0.15) is 13.3 Å². The van der Waals surface area contributed by atoms with Gasteiger partial charge in [-0.3, -0.25) is 9.09 Å². The van der Waals surface area contributed by atoms with E-state index in [1.54, 1.807) is 6.92 Å². The van der Waals surface area contributed by atoms with Gasteiger partial charge < -0.3 is 14.7 Å². The Morgan fingerprint density at radius 3 is 2.36 bits per heavy atom. The monoisotopic (exact) mass is 245 g/mol. The van der Waals surface area contributed by atoms with E-state index in [9.17, 15) is 14.0 Å². The van der Waals surface area contributed by atoms with Gasteiger partial charge in [-0.25, -0.2) is 8.88 Å². The van der Waals surface area contributed by atoms with E-state index < -0.39 is 15.6 Å². The molecule has 0 aromatic carbocycles. The highest BCUT2D eigenvalue weighted by Gasteiger charge is 2.26. The molecule has 0 aromatic rings. The molecule has 0 rings (SSSR count). The molecule has 0 saturated heterocycles. The third-order valence-electron chi connectivity index (χ3n) is 0.990. The predicted octanol–water partition coefficient (Wildman–Crippen LogP) is 0.547. The summed E-state index contributed by atoms with van der Waals surface area (Å²) in [5.74, 6) is 0. The summed E-state index contributed by atoms with van der Waals surface area (Å²) in [4.78, 5) is 26.9. The molecule has 0 aliphatic rings. The Balaban J connectivity index is 4.03. The Bertz CT molecular complexity index is 292. The largest absolute Gasteiger partial charge is 0.756 e. The van der Waals surface area contributed by atoms with Gasteiger partial charge in [-0.15, -0.1) is 6.58 Å². The van der Waals surface area contributed by atoms with Crippen LogP contribution in [-0.2, 0) is 18.0 Å². The zero-order chi connectivity index (χ0) is 11.4. The minimum absolute atomic E-state index is 0.219. The van der Waals surface area contributed by atoms with E-state index in [-0.39, 0.29) is 13.0 Å². The lowest BCUT2D eigenvalue weighted by Crippen LogP contribution is -2.04. The first-order valence-electron chi connectivity index (χ1n) is 3.49. The highest BCUT2D eigenvalue weighted by atomic mass is 31.3. The lowest BCUT2D eigenvalue weighted by atomic mass is 10.3. The summed E-state index contributed by atoms with van der Waals surface area (Å²) in [5, 5.41) is 0. The van der Waals surface area contributed by atoms with Crippen molar-refractivity contribution >= 4 is 15.6 Å². The van der Waals surface area contributed by atoms with Crippen molar-refractivity contribution < 1.29 is 32.6 Å². The minimum Gasteiger partial charge on any atom is -0.756 e. The first-order valence-corrected chi connectivity index (χ1v) is 6.48. The summed E-state index contributed by atoms with van der Waals surface area (Å²) >= 11 is 0. The van der Waals surface area contributed by atoms with Crippen molar-refractivity contribution in [1.29, 1.82) is 0 Å². The molecular weight excluding hydrogens is 234 g/mol. The van der Waals surface area contributed by atoms with Gasteiger partial charge in [0.05, 0.1) is 6.61 Å². The summed E-state index contributed by atoms with van der Waals surface area (Å²) < 4.78 is 28.5. The van der Waals surface area contributed by atoms with Gasteiger partial charge in [-0.2, -0.15) is 0 Å². The average molecular weight is 245 g/mol. The van der Waals surface area contributed by atoms with Gasteiger partial charge in [-0.1, -0.05) is 5.57 Å². The van der Waals surface area contributed by atoms with Crippen LogP contribution in [-0.4, -0.2) is 16.4 Å². The highest BCUT2D eigenvalue weighted by molar-refractivity contribution is 7.60. The number of hydrogen-bond acceptors (Lipinski definition) is 5. The maximum absolute atomic E-state index is 10.8. The van der Waals surface area contributed by atoms with Crippen LogP contribution in [0.15, 0.2) is 12.2 Å². The molecule has 2 N–H and O–H groups in total. The molecule has 0 aliphatic heterocycles. The average Bonchev–Trinajstić information content (AvgIpc) is 1.78. The number of hydrogen-bond donors (Lipinski definition) is 2. The van der Waals surface area contributed by atoms with Crippen LogP contribution in [0.5, 0.6) is 0 Å². The topological polar surface area (TPSA) is 116 Å². The van der Waals surface area contributed by atoms with E-state index in [0.717, 1.165) is 0 Å². The van der Waals surface area contributed by atoms with Crippen molar-refractivity contribution in [2.45, 2.75) is 13.3 Å². The Labute approximate surface area is 81.2 Å². The van der Waals surface area contributed by atoms with E-state index in [4.69, 9.17) is 9.79 Å². The van der Waals surface area contributed by atoms with Crippen LogP contribution < -0.4 is 4.89 Å². The molecule has 0 heterocycles. The van der Waals surface area contributed by atoms with E-state index in [2.05, 4.69) is 15.4 Å². The smallest absolute Gasteiger partial charge is 0.478 e. The highest BCUT2D eigenvalue weighted by Crippen LogP contribution is 2.55. The molecule has 14 heavy (non-hydrogen) atoms. The van der Waals surface area contributed by atoms with Crippen molar-refractivity contribution in [3.05, 3.63) is 12.2 Å². The van der Waals surface area contributed by atoms with Gasteiger partial charge in [0.1, 0.15) is 0 Å². The lowest BCUT2D eigenvalue weighted by Gasteiger charge is -2.18. The molecule has 0 radical (unpaired) electrons. The molecule has 7 nitrogen and oxygen atoms in total. The third kappa shape index (κ3) is 8.59. The maximum Gasteiger partial charge on any atom is 0.478 e. The standard InChI is InChI=1S/C5H12O7P2/c1-5(2)3-4-11-14(9,10)12-13(6,7)8/h1,3-4H2,2H3,(H,9,10)(H2,6,7,8)/p-1. The quantitative estimate of drug-likeness (QED) is 0.518. The van der Waals surface area contributed by atoms with E-state index in [1.807, 2.05) is 0 Å². The maximum atomic E-state index is 10.8. The molecule has 2 atom stereocenters. The molecule has 0 spiro atoms. The van der Waals surface area contributed by atoms with Gasteiger partial charge in [0.2, 0.25) is 0 Å². The van der Waals surface area contributed by atoms with Crippen LogP contribution in [0, 0.1) is 0 Å². The molecule has 0 fully saturated rings. The van der Waals surface area contributed by atoms with Crippen molar-refractivity contribution in [1.82, 2.24) is 0 Å². The second-order valence-corrected chi connectivity index (χ2v) is 5.34. The van der Waals surface area contributed by atoms with Gasteiger partial charge >= 0.3 is 7.82 Å². The number of phosphoric acid groups is 2. The molecule has 0 amide bonds. The minimum atomic E-state index is -5.26. The fourth-order valence-electron chi connectivity index (χ4n) is 0.489. The molecule has 2 unspecified atom stereocenters. The third-order valence-corrected chi connectivity index (χ3v) is 3.15. The summed E-state index contributed by atoms with van der Waals surface area (Å²) in [5.41, 5.74) is 0.694. The Hall–Kier alpha value is -0.0000000000000000416. The van der Waals surface area contributed by atoms with Crippen LogP contribution in [0.4, 0.5) is 0 Å². The fourth-order valence-corrected chi connectivity index (χ4v) is 2.04. The summed E-state index contributed by atoms with van der Waals surface area (Å²) in [7, 11) is -10.00. The van der Waals surface area contributed by atoms with Crippen LogP contribution in [0.2, 0.25) is 0 Å². The molecule has 0 bridgehead atoms. The predicted molar refractivity (Wildman–Crippen MR) is 46.1 cm³/mol. The summed E-state index contributed by atoms with van der Waals surface area (Å²) in [6, 6.07) is 0. The van der Waals surface area contributed by atoms with Gasteiger partial charge in [0.25, 0.3) is 7.82 Å². The fraction of sp³-hybridized carbons (Fsp3) is 0.600.